The number of hydrogen-bond donors (Lipinski definition) is 1. The average Bonchev–Trinajstić information content (AvgIpc) is 3.21. The molecule has 168 valence electrons. The number of fused-ring (bicyclic) bond motifs is 6. The highest BCUT2D eigenvalue weighted by atomic mass is 16.6. The van der Waals surface area contributed by atoms with E-state index in [1.807, 2.05) is 6.08 Å². The van der Waals surface area contributed by atoms with Crippen LogP contribution < -0.4 is 0 Å². The molecule has 0 amide bonds. The van der Waals surface area contributed by atoms with Gasteiger partial charge in [-0.05, 0) is 80.1 Å². The maximum Gasteiger partial charge on any atom is 0.297 e. The van der Waals surface area contributed by atoms with Crippen LogP contribution in [0.2, 0.25) is 0 Å². The van der Waals surface area contributed by atoms with Gasteiger partial charge in [-0.2, -0.15) is 0 Å². The Hall–Kier alpha value is -2.11. The Labute approximate surface area is 188 Å². The van der Waals surface area contributed by atoms with Crippen molar-refractivity contribution in [3.8, 4) is 0 Å². The number of carbonyl (C=O) groups excluding carboxylic acids is 3. The highest BCUT2D eigenvalue weighted by molar-refractivity contribution is 6.30. The van der Waals surface area contributed by atoms with Gasteiger partial charge in [-0.15, -0.1) is 0 Å². The minimum atomic E-state index is -2.39. The summed E-state index contributed by atoms with van der Waals surface area (Å²) in [4.78, 5) is 37.8. The maximum absolute atomic E-state index is 13.0. The number of ether oxygens (including phenoxy) is 1. The smallest absolute Gasteiger partial charge is 0.297 e. The quantitative estimate of drug-likeness (QED) is 0.555. The lowest BCUT2D eigenvalue weighted by atomic mass is 9.52. The van der Waals surface area contributed by atoms with E-state index in [-0.39, 0.29) is 28.4 Å². The first-order chi connectivity index (χ1) is 15.3. The highest BCUT2D eigenvalue weighted by Gasteiger charge is 2.61. The molecule has 5 aliphatic rings. The second-order valence-electron chi connectivity index (χ2n) is 10.9. The van der Waals surface area contributed by atoms with E-state index < -0.39 is 17.4 Å². The standard InChI is InChI=1S/C27H30O5/c1-26-13-12-18-17-9-7-16(28)14-15(17)6-8-19(18)22(26)10-11-23(26)32-27(31)24(29)20-4-2-3-5-21(20)25(27)30/h2-5,14,17-19,22-23,31H,6-13H2,1H3. The summed E-state index contributed by atoms with van der Waals surface area (Å²) in [7, 11) is 0. The molecule has 0 bridgehead atoms. The fourth-order valence-electron chi connectivity index (χ4n) is 7.99. The summed E-state index contributed by atoms with van der Waals surface area (Å²) in [5.74, 6) is -1.17. The summed E-state index contributed by atoms with van der Waals surface area (Å²) in [5.41, 5.74) is 1.72. The van der Waals surface area contributed by atoms with Crippen LogP contribution in [0.4, 0.5) is 0 Å². The molecular weight excluding hydrogens is 404 g/mol. The second kappa shape index (κ2) is 6.94. The van der Waals surface area contributed by atoms with Crippen LogP contribution in [-0.4, -0.2) is 34.3 Å². The Morgan fingerprint density at radius 2 is 1.62 bits per heavy atom. The third-order valence-electron chi connectivity index (χ3n) is 9.56. The first-order valence-electron chi connectivity index (χ1n) is 12.1. The molecule has 1 N–H and O–H groups in total. The molecule has 6 rings (SSSR count). The number of ketones is 3. The largest absolute Gasteiger partial charge is 0.353 e. The lowest BCUT2D eigenvalue weighted by molar-refractivity contribution is -0.194. The van der Waals surface area contributed by atoms with E-state index in [1.165, 1.54) is 5.57 Å². The third-order valence-corrected chi connectivity index (χ3v) is 9.56. The molecule has 0 saturated heterocycles. The van der Waals surface area contributed by atoms with Crippen LogP contribution in [0.5, 0.6) is 0 Å². The van der Waals surface area contributed by atoms with E-state index in [1.54, 1.807) is 24.3 Å². The van der Waals surface area contributed by atoms with Crippen molar-refractivity contribution >= 4 is 17.3 Å². The monoisotopic (exact) mass is 434 g/mol. The summed E-state index contributed by atoms with van der Waals surface area (Å²) in [6, 6.07) is 6.58. The van der Waals surface area contributed by atoms with Crippen molar-refractivity contribution in [2.24, 2.45) is 29.1 Å². The molecule has 3 fully saturated rings. The molecule has 6 unspecified atom stereocenters. The van der Waals surface area contributed by atoms with Crippen molar-refractivity contribution in [3.63, 3.8) is 0 Å². The number of rotatable bonds is 2. The second-order valence-corrected chi connectivity index (χ2v) is 10.9. The Balaban J connectivity index is 1.25. The zero-order valence-corrected chi connectivity index (χ0v) is 18.5. The lowest BCUT2D eigenvalue weighted by Crippen LogP contribution is -2.53. The van der Waals surface area contributed by atoms with Crippen LogP contribution in [0.15, 0.2) is 35.9 Å². The van der Waals surface area contributed by atoms with E-state index in [0.717, 1.165) is 44.9 Å². The van der Waals surface area contributed by atoms with E-state index in [9.17, 15) is 19.5 Å². The molecule has 5 aliphatic carbocycles. The van der Waals surface area contributed by atoms with Crippen molar-refractivity contribution in [2.75, 3.05) is 0 Å². The molecule has 0 aromatic heterocycles. The molecule has 5 nitrogen and oxygen atoms in total. The van der Waals surface area contributed by atoms with Gasteiger partial charge in [0.15, 0.2) is 5.78 Å². The van der Waals surface area contributed by atoms with Gasteiger partial charge in [-0.3, -0.25) is 14.4 Å². The predicted molar refractivity (Wildman–Crippen MR) is 117 cm³/mol. The van der Waals surface area contributed by atoms with E-state index in [2.05, 4.69) is 6.92 Å². The van der Waals surface area contributed by atoms with E-state index >= 15 is 0 Å². The van der Waals surface area contributed by atoms with Crippen LogP contribution in [0, 0.1) is 29.1 Å². The van der Waals surface area contributed by atoms with Gasteiger partial charge in [0, 0.05) is 17.5 Å². The third kappa shape index (κ3) is 2.67. The highest BCUT2D eigenvalue weighted by Crippen LogP contribution is 2.62. The number of carbonyl (C=O) groups is 3. The Bertz CT molecular complexity index is 1020. The van der Waals surface area contributed by atoms with Crippen LogP contribution in [0.1, 0.15) is 79.0 Å². The summed E-state index contributed by atoms with van der Waals surface area (Å²) >= 11 is 0. The van der Waals surface area contributed by atoms with E-state index in [4.69, 9.17) is 4.74 Å². The molecule has 32 heavy (non-hydrogen) atoms. The zero-order chi connectivity index (χ0) is 22.3. The fourth-order valence-corrected chi connectivity index (χ4v) is 7.99. The summed E-state index contributed by atoms with van der Waals surface area (Å²) in [6.45, 7) is 2.24. The molecule has 0 radical (unpaired) electrons. The number of aliphatic hydroxyl groups is 1. The van der Waals surface area contributed by atoms with Crippen molar-refractivity contribution in [2.45, 2.75) is 70.2 Å². The molecular formula is C27H30O5. The Morgan fingerprint density at radius 3 is 2.34 bits per heavy atom. The van der Waals surface area contributed by atoms with Gasteiger partial charge >= 0.3 is 0 Å². The molecule has 5 heteroatoms. The normalized spacial score (nSPS) is 39.8. The van der Waals surface area contributed by atoms with Crippen molar-refractivity contribution in [1.29, 1.82) is 0 Å². The molecule has 0 aliphatic heterocycles. The molecule has 0 spiro atoms. The molecule has 1 aromatic rings. The molecule has 0 heterocycles. The average molecular weight is 435 g/mol. The van der Waals surface area contributed by atoms with Gasteiger partial charge in [0.1, 0.15) is 0 Å². The lowest BCUT2D eigenvalue weighted by Gasteiger charge is -2.54. The topological polar surface area (TPSA) is 80.7 Å². The van der Waals surface area contributed by atoms with Gasteiger partial charge in [-0.25, -0.2) is 0 Å². The first kappa shape index (κ1) is 20.5. The van der Waals surface area contributed by atoms with Gasteiger partial charge in [0.2, 0.25) is 11.6 Å². The predicted octanol–water partition coefficient (Wildman–Crippen LogP) is 4.28. The van der Waals surface area contributed by atoms with Gasteiger partial charge < -0.3 is 9.84 Å². The zero-order valence-electron chi connectivity index (χ0n) is 18.5. The van der Waals surface area contributed by atoms with Gasteiger partial charge in [-0.1, -0.05) is 36.8 Å². The summed E-state index contributed by atoms with van der Waals surface area (Å²) < 4.78 is 6.14. The van der Waals surface area contributed by atoms with Crippen LogP contribution >= 0.6 is 0 Å². The Kier molecular flexibility index (Phi) is 4.45. The number of benzene rings is 1. The first-order valence-corrected chi connectivity index (χ1v) is 12.1. The SMILES string of the molecule is CC12CCC3C4CCC(=O)C=C4CCC3C1CCC2OC1(O)C(=O)c2ccccc2C1=O. The Morgan fingerprint density at radius 1 is 0.906 bits per heavy atom. The van der Waals surface area contributed by atoms with E-state index in [0.29, 0.717) is 30.1 Å². The number of hydrogen-bond acceptors (Lipinski definition) is 5. The summed E-state index contributed by atoms with van der Waals surface area (Å²) in [6.07, 6.45) is 9.16. The van der Waals surface area contributed by atoms with Crippen LogP contribution in [0.25, 0.3) is 0 Å². The van der Waals surface area contributed by atoms with Crippen LogP contribution in [-0.2, 0) is 9.53 Å². The van der Waals surface area contributed by atoms with Gasteiger partial charge in [0.25, 0.3) is 5.79 Å². The minimum Gasteiger partial charge on any atom is -0.353 e. The van der Waals surface area contributed by atoms with Crippen molar-refractivity contribution < 1.29 is 24.2 Å². The molecule has 6 atom stereocenters. The molecule has 3 saturated carbocycles. The fraction of sp³-hybridized carbons (Fsp3) is 0.593. The van der Waals surface area contributed by atoms with Crippen LogP contribution in [0.3, 0.4) is 0 Å². The number of Topliss-reactive ketones (excluding diaryl/α,β-unsaturated/α-hetero) is 2. The maximum atomic E-state index is 13.0. The minimum absolute atomic E-state index is 0.155. The summed E-state index contributed by atoms with van der Waals surface area (Å²) in [5, 5.41) is 11.2. The van der Waals surface area contributed by atoms with Crippen molar-refractivity contribution in [3.05, 3.63) is 47.0 Å². The van der Waals surface area contributed by atoms with Gasteiger partial charge in [0.05, 0.1) is 6.10 Å². The van der Waals surface area contributed by atoms with Crippen molar-refractivity contribution in [1.82, 2.24) is 0 Å². The number of allylic oxidation sites excluding steroid dienone is 1. The molecule has 1 aromatic carbocycles.